The average molecular weight is 386 g/mol. The Hall–Kier alpha value is -2.49. The standard InChI is InChI=1S/C25H33BN3/c1-8-21(17(2)3)29-22-14-10-11-18(4)23(22)25-27(7)15-16-28(25)26(29)24-19(5)12-9-13-20(24)6/h9-17,21H,8H2,1-7H3/q+1. The van der Waals surface area contributed by atoms with Gasteiger partial charge in [0, 0.05) is 17.2 Å². The molecule has 3 aromatic rings. The first-order valence-corrected chi connectivity index (χ1v) is 10.9. The fraction of sp³-hybridized carbons (Fsp3) is 0.400. The fourth-order valence-electron chi connectivity index (χ4n) is 5.28. The normalized spacial score (nSPS) is 14.2. The molecule has 1 aromatic heterocycles. The average Bonchev–Trinajstić information content (AvgIpc) is 3.05. The number of anilines is 1. The van der Waals surface area contributed by atoms with Crippen LogP contribution in [-0.2, 0) is 7.05 Å². The van der Waals surface area contributed by atoms with E-state index in [1.165, 1.54) is 39.2 Å². The van der Waals surface area contributed by atoms with Crippen LogP contribution in [0.2, 0.25) is 0 Å². The Bertz CT molecular complexity index is 1030. The van der Waals surface area contributed by atoms with Gasteiger partial charge >= 0.3 is 6.98 Å². The number of imidazole rings is 1. The van der Waals surface area contributed by atoms with Gasteiger partial charge in [-0.15, -0.1) is 0 Å². The van der Waals surface area contributed by atoms with Crippen LogP contribution in [0.25, 0.3) is 11.4 Å². The molecule has 0 amide bonds. The Morgan fingerprint density at radius 1 is 0.966 bits per heavy atom. The summed E-state index contributed by atoms with van der Waals surface area (Å²) in [5.41, 5.74) is 8.20. The summed E-state index contributed by atoms with van der Waals surface area (Å²) in [5, 5.41) is 0. The Labute approximate surface area is 176 Å². The summed E-state index contributed by atoms with van der Waals surface area (Å²) in [6.07, 6.45) is 5.59. The van der Waals surface area contributed by atoms with Crippen LogP contribution in [0.15, 0.2) is 48.8 Å². The van der Waals surface area contributed by atoms with Gasteiger partial charge in [0.2, 0.25) is 0 Å². The Morgan fingerprint density at radius 3 is 2.21 bits per heavy atom. The Kier molecular flexibility index (Phi) is 5.06. The Morgan fingerprint density at radius 2 is 1.59 bits per heavy atom. The van der Waals surface area contributed by atoms with Gasteiger partial charge in [-0.2, -0.15) is 0 Å². The number of hydrogen-bond donors (Lipinski definition) is 0. The molecule has 3 nitrogen and oxygen atoms in total. The minimum atomic E-state index is 0.161. The number of fused-ring (bicyclic) bond motifs is 3. The van der Waals surface area contributed by atoms with Crippen molar-refractivity contribution in [3.63, 3.8) is 0 Å². The van der Waals surface area contributed by atoms with Crippen molar-refractivity contribution in [2.75, 3.05) is 4.81 Å². The second kappa shape index (κ2) is 7.40. The fourth-order valence-corrected chi connectivity index (χ4v) is 5.28. The van der Waals surface area contributed by atoms with Crippen LogP contribution >= 0.6 is 0 Å². The maximum Gasteiger partial charge on any atom is 0.538 e. The number of rotatable bonds is 4. The van der Waals surface area contributed by atoms with Crippen LogP contribution in [0.4, 0.5) is 5.69 Å². The van der Waals surface area contributed by atoms with Crippen LogP contribution < -0.4 is 14.8 Å². The zero-order valence-electron chi connectivity index (χ0n) is 18.9. The molecule has 1 atom stereocenters. The molecule has 4 rings (SSSR count). The number of hydrogen-bond acceptors (Lipinski definition) is 1. The third kappa shape index (κ3) is 3.01. The first kappa shape index (κ1) is 19.8. The van der Waals surface area contributed by atoms with E-state index in [0.717, 1.165) is 6.42 Å². The SMILES string of the molecule is CCC(C(C)C)N1B(c2c(C)cccc2C)[n+]2ccn(C)c2-c2c(C)cccc21. The second-order valence-electron chi connectivity index (χ2n) is 8.91. The molecule has 0 radical (unpaired) electrons. The van der Waals surface area contributed by atoms with Crippen LogP contribution in [0.3, 0.4) is 0 Å². The Balaban J connectivity index is 2.10. The van der Waals surface area contributed by atoms with Crippen molar-refractivity contribution in [3.05, 3.63) is 65.5 Å². The smallest absolute Gasteiger partial charge is 0.366 e. The van der Waals surface area contributed by atoms with Crippen molar-refractivity contribution < 1.29 is 4.48 Å². The zero-order valence-corrected chi connectivity index (χ0v) is 18.9. The molecule has 1 unspecified atom stereocenters. The van der Waals surface area contributed by atoms with Gasteiger partial charge in [-0.25, -0.2) is 4.57 Å². The molecule has 2 aromatic carbocycles. The van der Waals surface area contributed by atoms with Crippen LogP contribution in [0, 0.1) is 26.7 Å². The lowest BCUT2D eigenvalue weighted by Crippen LogP contribution is -2.74. The van der Waals surface area contributed by atoms with Gasteiger partial charge in [0.05, 0.1) is 12.6 Å². The summed E-state index contributed by atoms with van der Waals surface area (Å²) >= 11 is 0. The maximum atomic E-state index is 2.70. The van der Waals surface area contributed by atoms with Gasteiger partial charge < -0.3 is 4.81 Å². The number of benzene rings is 2. The molecule has 1 aliphatic heterocycles. The van der Waals surface area contributed by atoms with E-state index in [0.29, 0.717) is 12.0 Å². The molecule has 0 aliphatic carbocycles. The molecule has 29 heavy (non-hydrogen) atoms. The minimum Gasteiger partial charge on any atom is -0.366 e. The van der Waals surface area contributed by atoms with Crippen molar-refractivity contribution in [1.82, 2.24) is 4.57 Å². The predicted octanol–water partition coefficient (Wildman–Crippen LogP) is 4.40. The molecule has 0 bridgehead atoms. The van der Waals surface area contributed by atoms with Gasteiger partial charge in [-0.3, -0.25) is 4.48 Å². The molecule has 4 heteroatoms. The quantitative estimate of drug-likeness (QED) is 0.606. The predicted molar refractivity (Wildman–Crippen MR) is 124 cm³/mol. The lowest BCUT2D eigenvalue weighted by molar-refractivity contribution is -0.524. The minimum absolute atomic E-state index is 0.161. The van der Waals surface area contributed by atoms with Crippen molar-refractivity contribution >= 4 is 18.1 Å². The van der Waals surface area contributed by atoms with E-state index in [9.17, 15) is 0 Å². The summed E-state index contributed by atoms with van der Waals surface area (Å²) in [6.45, 7) is 14.0. The summed E-state index contributed by atoms with van der Waals surface area (Å²) in [4.78, 5) is 2.70. The van der Waals surface area contributed by atoms with Crippen LogP contribution in [0.5, 0.6) is 0 Å². The van der Waals surface area contributed by atoms with Crippen molar-refractivity contribution in [2.24, 2.45) is 13.0 Å². The van der Waals surface area contributed by atoms with Gasteiger partial charge in [0.1, 0.15) is 12.4 Å². The summed E-state index contributed by atoms with van der Waals surface area (Å²) in [6, 6.07) is 13.9. The molecule has 150 valence electrons. The van der Waals surface area contributed by atoms with Crippen molar-refractivity contribution in [2.45, 2.75) is 54.0 Å². The first-order chi connectivity index (χ1) is 13.9. The van der Waals surface area contributed by atoms with E-state index in [2.05, 4.69) is 111 Å². The van der Waals surface area contributed by atoms with Crippen LogP contribution in [0.1, 0.15) is 43.9 Å². The molecule has 0 spiro atoms. The van der Waals surface area contributed by atoms with Gasteiger partial charge in [0.15, 0.2) is 0 Å². The highest BCUT2D eigenvalue weighted by Gasteiger charge is 2.48. The van der Waals surface area contributed by atoms with Crippen LogP contribution in [-0.4, -0.2) is 17.6 Å². The lowest BCUT2D eigenvalue weighted by atomic mass is 9.58. The first-order valence-electron chi connectivity index (χ1n) is 10.9. The zero-order chi connectivity index (χ0) is 20.9. The largest absolute Gasteiger partial charge is 0.538 e. The summed E-state index contributed by atoms with van der Waals surface area (Å²) in [7, 11) is 2.17. The number of aryl methyl sites for hydroxylation is 4. The third-order valence-electron chi connectivity index (χ3n) is 6.65. The van der Waals surface area contributed by atoms with Gasteiger partial charge in [-0.1, -0.05) is 51.1 Å². The molecule has 2 heterocycles. The maximum absolute atomic E-state index is 2.70. The highest BCUT2D eigenvalue weighted by molar-refractivity contribution is 6.71. The van der Waals surface area contributed by atoms with E-state index < -0.39 is 0 Å². The molecule has 0 fully saturated rings. The van der Waals surface area contributed by atoms with Crippen molar-refractivity contribution in [3.8, 4) is 11.4 Å². The summed E-state index contributed by atoms with van der Waals surface area (Å²) in [5.74, 6) is 1.85. The van der Waals surface area contributed by atoms with E-state index in [-0.39, 0.29) is 6.98 Å². The molecule has 0 saturated carbocycles. The monoisotopic (exact) mass is 386 g/mol. The topological polar surface area (TPSA) is 12.1 Å². The van der Waals surface area contributed by atoms with E-state index in [4.69, 9.17) is 0 Å². The van der Waals surface area contributed by atoms with E-state index in [1.807, 2.05) is 0 Å². The lowest BCUT2D eigenvalue weighted by Gasteiger charge is -2.42. The van der Waals surface area contributed by atoms with Gasteiger partial charge in [0.25, 0.3) is 5.82 Å². The summed E-state index contributed by atoms with van der Waals surface area (Å²) < 4.78 is 4.77. The number of aromatic nitrogens is 2. The highest BCUT2D eigenvalue weighted by atomic mass is 15.3. The molecular weight excluding hydrogens is 353 g/mol. The van der Waals surface area contributed by atoms with Gasteiger partial charge in [-0.05, 0) is 55.9 Å². The van der Waals surface area contributed by atoms with E-state index in [1.54, 1.807) is 0 Å². The van der Waals surface area contributed by atoms with Crippen molar-refractivity contribution in [1.29, 1.82) is 0 Å². The molecule has 0 N–H and O–H groups in total. The molecule has 1 aliphatic rings. The third-order valence-corrected chi connectivity index (χ3v) is 6.65. The number of nitrogens with zero attached hydrogens (tertiary/aromatic N) is 3. The second-order valence-corrected chi connectivity index (χ2v) is 8.91. The van der Waals surface area contributed by atoms with E-state index >= 15 is 0 Å². The molecular formula is C25H33BN3+. The highest BCUT2D eigenvalue weighted by Crippen LogP contribution is 2.38. The molecule has 0 saturated heterocycles.